The molecular weight excluding hydrogens is 252 g/mol. The summed E-state index contributed by atoms with van der Waals surface area (Å²) in [4.78, 5) is 12.4. The third-order valence-electron chi connectivity index (χ3n) is 4.63. The highest BCUT2D eigenvalue weighted by atomic mass is 16.5. The van der Waals surface area contributed by atoms with Crippen molar-refractivity contribution in [3.8, 4) is 6.07 Å². The number of hydrogen-bond donors (Lipinski definition) is 1. The van der Waals surface area contributed by atoms with Gasteiger partial charge >= 0.3 is 0 Å². The fourth-order valence-corrected chi connectivity index (χ4v) is 3.27. The van der Waals surface area contributed by atoms with Crippen LogP contribution in [0.15, 0.2) is 0 Å². The van der Waals surface area contributed by atoms with E-state index in [2.05, 4.69) is 11.4 Å². The molecule has 0 radical (unpaired) electrons. The van der Waals surface area contributed by atoms with Crippen LogP contribution in [-0.2, 0) is 9.53 Å². The van der Waals surface area contributed by atoms with Crippen molar-refractivity contribution in [3.05, 3.63) is 0 Å². The molecule has 1 heterocycles. The molecule has 2 fully saturated rings. The number of rotatable bonds is 4. The van der Waals surface area contributed by atoms with Crippen molar-refractivity contribution < 1.29 is 9.53 Å². The standard InChI is InChI=1S/C16H26N2O2/c17-13-16(9-4-1-2-5-10-16)15(19)18-11-8-14-7-3-6-12-20-14/h14H,1-12H2,(H,18,19). The van der Waals surface area contributed by atoms with E-state index in [0.717, 1.165) is 64.4 Å². The Labute approximate surface area is 121 Å². The minimum absolute atomic E-state index is 0.0577. The van der Waals surface area contributed by atoms with E-state index >= 15 is 0 Å². The molecule has 0 aromatic heterocycles. The number of amides is 1. The molecule has 1 saturated heterocycles. The van der Waals surface area contributed by atoms with Gasteiger partial charge in [0.2, 0.25) is 5.91 Å². The summed E-state index contributed by atoms with van der Waals surface area (Å²) in [6.45, 7) is 1.48. The Morgan fingerprint density at radius 2 is 1.95 bits per heavy atom. The molecule has 0 spiro atoms. The molecule has 1 amide bonds. The second-order valence-electron chi connectivity index (χ2n) is 6.14. The molecule has 1 aliphatic heterocycles. The van der Waals surface area contributed by atoms with Gasteiger partial charge in [-0.3, -0.25) is 4.79 Å². The van der Waals surface area contributed by atoms with Crippen LogP contribution in [0.4, 0.5) is 0 Å². The van der Waals surface area contributed by atoms with Gasteiger partial charge in [0.1, 0.15) is 5.41 Å². The molecule has 1 saturated carbocycles. The number of carbonyl (C=O) groups excluding carboxylic acids is 1. The Morgan fingerprint density at radius 3 is 2.55 bits per heavy atom. The zero-order chi connectivity index (χ0) is 14.3. The smallest absolute Gasteiger partial charge is 0.240 e. The molecule has 2 rings (SSSR count). The van der Waals surface area contributed by atoms with Gasteiger partial charge in [-0.2, -0.15) is 5.26 Å². The highest BCUT2D eigenvalue weighted by molar-refractivity contribution is 5.85. The number of nitrogens with zero attached hydrogens (tertiary/aromatic N) is 1. The number of ether oxygens (including phenoxy) is 1. The summed E-state index contributed by atoms with van der Waals surface area (Å²) in [5.41, 5.74) is -0.774. The maximum atomic E-state index is 12.4. The molecule has 4 nitrogen and oxygen atoms in total. The molecular formula is C16H26N2O2. The van der Waals surface area contributed by atoms with Crippen LogP contribution in [0.1, 0.15) is 64.2 Å². The summed E-state index contributed by atoms with van der Waals surface area (Å²) in [7, 11) is 0. The summed E-state index contributed by atoms with van der Waals surface area (Å²) >= 11 is 0. The zero-order valence-electron chi connectivity index (χ0n) is 12.3. The van der Waals surface area contributed by atoms with Gasteiger partial charge in [-0.25, -0.2) is 0 Å². The van der Waals surface area contributed by atoms with Gasteiger partial charge in [-0.15, -0.1) is 0 Å². The molecule has 1 atom stereocenters. The fourth-order valence-electron chi connectivity index (χ4n) is 3.27. The first-order valence-corrected chi connectivity index (χ1v) is 8.08. The summed E-state index contributed by atoms with van der Waals surface area (Å²) < 4.78 is 5.66. The Bertz CT molecular complexity index is 348. The van der Waals surface area contributed by atoms with Crippen LogP contribution in [0.3, 0.4) is 0 Å². The first kappa shape index (κ1) is 15.3. The van der Waals surface area contributed by atoms with Gasteiger partial charge in [0.25, 0.3) is 0 Å². The zero-order valence-corrected chi connectivity index (χ0v) is 12.3. The van der Waals surface area contributed by atoms with Crippen molar-refractivity contribution in [2.75, 3.05) is 13.2 Å². The SMILES string of the molecule is N#CC1(C(=O)NCCC2CCCCO2)CCCCCC1. The van der Waals surface area contributed by atoms with Gasteiger partial charge in [0.15, 0.2) is 0 Å². The van der Waals surface area contributed by atoms with Crippen LogP contribution in [0.25, 0.3) is 0 Å². The van der Waals surface area contributed by atoms with Gasteiger partial charge in [-0.05, 0) is 38.5 Å². The fraction of sp³-hybridized carbons (Fsp3) is 0.875. The Hall–Kier alpha value is -1.08. The van der Waals surface area contributed by atoms with E-state index in [9.17, 15) is 10.1 Å². The lowest BCUT2D eigenvalue weighted by molar-refractivity contribution is -0.128. The number of hydrogen-bond acceptors (Lipinski definition) is 3. The van der Waals surface area contributed by atoms with E-state index in [-0.39, 0.29) is 12.0 Å². The number of nitrogens with one attached hydrogen (secondary N) is 1. The monoisotopic (exact) mass is 278 g/mol. The number of carbonyl (C=O) groups is 1. The van der Waals surface area contributed by atoms with Crippen LogP contribution < -0.4 is 5.32 Å². The third-order valence-corrected chi connectivity index (χ3v) is 4.63. The molecule has 0 bridgehead atoms. The quantitative estimate of drug-likeness (QED) is 0.804. The Balaban J connectivity index is 1.78. The molecule has 20 heavy (non-hydrogen) atoms. The van der Waals surface area contributed by atoms with Crippen LogP contribution >= 0.6 is 0 Å². The Kier molecular flexibility index (Phi) is 5.85. The Morgan fingerprint density at radius 1 is 1.20 bits per heavy atom. The van der Waals surface area contributed by atoms with Crippen molar-refractivity contribution in [2.24, 2.45) is 5.41 Å². The summed E-state index contributed by atoms with van der Waals surface area (Å²) in [5.74, 6) is -0.0577. The number of nitriles is 1. The predicted molar refractivity (Wildman–Crippen MR) is 77.0 cm³/mol. The minimum Gasteiger partial charge on any atom is -0.378 e. The van der Waals surface area contributed by atoms with E-state index in [0.29, 0.717) is 6.54 Å². The average Bonchev–Trinajstić information content (AvgIpc) is 2.74. The van der Waals surface area contributed by atoms with Crippen molar-refractivity contribution in [1.29, 1.82) is 5.26 Å². The topological polar surface area (TPSA) is 62.1 Å². The maximum Gasteiger partial charge on any atom is 0.240 e. The molecule has 1 aliphatic carbocycles. The van der Waals surface area contributed by atoms with Crippen molar-refractivity contribution in [1.82, 2.24) is 5.32 Å². The molecule has 1 N–H and O–H groups in total. The second kappa shape index (κ2) is 7.64. The van der Waals surface area contributed by atoms with E-state index < -0.39 is 5.41 Å². The highest BCUT2D eigenvalue weighted by Crippen LogP contribution is 2.34. The van der Waals surface area contributed by atoms with Crippen molar-refractivity contribution in [2.45, 2.75) is 70.3 Å². The van der Waals surface area contributed by atoms with E-state index in [1.54, 1.807) is 0 Å². The largest absolute Gasteiger partial charge is 0.378 e. The molecule has 112 valence electrons. The first-order valence-electron chi connectivity index (χ1n) is 8.08. The van der Waals surface area contributed by atoms with Gasteiger partial charge in [-0.1, -0.05) is 25.7 Å². The lowest BCUT2D eigenvalue weighted by atomic mass is 9.81. The molecule has 2 aliphatic rings. The predicted octanol–water partition coefficient (Wildman–Crippen LogP) is 2.93. The van der Waals surface area contributed by atoms with Crippen LogP contribution in [0.5, 0.6) is 0 Å². The minimum atomic E-state index is -0.774. The van der Waals surface area contributed by atoms with Gasteiger partial charge in [0, 0.05) is 13.2 Å². The molecule has 0 aromatic rings. The summed E-state index contributed by atoms with van der Waals surface area (Å²) in [5, 5.41) is 12.4. The molecule has 0 aromatic carbocycles. The lowest BCUT2D eigenvalue weighted by Gasteiger charge is -2.25. The highest BCUT2D eigenvalue weighted by Gasteiger charge is 2.38. The maximum absolute atomic E-state index is 12.4. The molecule has 4 heteroatoms. The van der Waals surface area contributed by atoms with E-state index in [1.165, 1.54) is 6.42 Å². The van der Waals surface area contributed by atoms with Crippen LogP contribution in [0.2, 0.25) is 0 Å². The van der Waals surface area contributed by atoms with Gasteiger partial charge < -0.3 is 10.1 Å². The van der Waals surface area contributed by atoms with Crippen LogP contribution in [-0.4, -0.2) is 25.2 Å². The van der Waals surface area contributed by atoms with Gasteiger partial charge in [0.05, 0.1) is 12.2 Å². The lowest BCUT2D eigenvalue weighted by Crippen LogP contribution is -2.41. The second-order valence-corrected chi connectivity index (χ2v) is 6.14. The van der Waals surface area contributed by atoms with Crippen molar-refractivity contribution >= 4 is 5.91 Å². The molecule has 1 unspecified atom stereocenters. The third kappa shape index (κ3) is 3.96. The normalized spacial score (nSPS) is 26.2. The van der Waals surface area contributed by atoms with Crippen LogP contribution in [0, 0.1) is 16.7 Å². The summed E-state index contributed by atoms with van der Waals surface area (Å²) in [6, 6.07) is 2.30. The van der Waals surface area contributed by atoms with E-state index in [4.69, 9.17) is 4.74 Å². The first-order chi connectivity index (χ1) is 9.77. The summed E-state index contributed by atoms with van der Waals surface area (Å²) in [6.07, 6.45) is 10.3. The van der Waals surface area contributed by atoms with Crippen molar-refractivity contribution in [3.63, 3.8) is 0 Å². The average molecular weight is 278 g/mol. The van der Waals surface area contributed by atoms with E-state index in [1.807, 2.05) is 0 Å².